The number of aliphatic hydroxyl groups is 1. The van der Waals surface area contributed by atoms with Crippen LogP contribution in [0.4, 0.5) is 0 Å². The Hall–Kier alpha value is -0.570. The zero-order chi connectivity index (χ0) is 12.0. The van der Waals surface area contributed by atoms with E-state index in [1.54, 1.807) is 0 Å². The zero-order valence-electron chi connectivity index (χ0n) is 10.6. The molecular formula is C13H25NO2. The van der Waals surface area contributed by atoms with Crippen LogP contribution in [0, 0.1) is 5.92 Å². The summed E-state index contributed by atoms with van der Waals surface area (Å²) in [5, 5.41) is 9.22. The second-order valence-corrected chi connectivity index (χ2v) is 4.76. The van der Waals surface area contributed by atoms with Crippen LogP contribution in [0.3, 0.4) is 0 Å². The minimum absolute atomic E-state index is 0.0863. The van der Waals surface area contributed by atoms with Crippen LogP contribution in [0.5, 0.6) is 0 Å². The van der Waals surface area contributed by atoms with Crippen LogP contribution in [0.2, 0.25) is 0 Å². The van der Waals surface area contributed by atoms with Gasteiger partial charge in [-0.1, -0.05) is 26.7 Å². The van der Waals surface area contributed by atoms with Crippen molar-refractivity contribution in [3.63, 3.8) is 0 Å². The first-order valence-electron chi connectivity index (χ1n) is 6.65. The highest BCUT2D eigenvalue weighted by Gasteiger charge is 2.31. The Morgan fingerprint density at radius 1 is 1.50 bits per heavy atom. The Balaban J connectivity index is 2.52. The summed E-state index contributed by atoms with van der Waals surface area (Å²) in [5.41, 5.74) is 0. The third-order valence-electron chi connectivity index (χ3n) is 3.62. The molecule has 1 rings (SSSR count). The van der Waals surface area contributed by atoms with Crippen LogP contribution >= 0.6 is 0 Å². The van der Waals surface area contributed by atoms with Crippen LogP contribution in [0.15, 0.2) is 0 Å². The molecule has 3 nitrogen and oxygen atoms in total. The number of carbonyl (C=O) groups excluding carboxylic acids is 1. The molecule has 1 fully saturated rings. The molecule has 1 amide bonds. The van der Waals surface area contributed by atoms with E-state index < -0.39 is 0 Å². The molecule has 2 unspecified atom stereocenters. The standard InChI is InChI=1S/C13H25NO2/c1-3-5-7-11(4-2)13(16)14-9-6-8-12(14)10-15/h11-12,15H,3-10H2,1-2H3. The Bertz CT molecular complexity index is 218. The predicted octanol–water partition coefficient (Wildman–Crippen LogP) is 2.19. The summed E-state index contributed by atoms with van der Waals surface area (Å²) in [6.45, 7) is 5.20. The van der Waals surface area contributed by atoms with Crippen LogP contribution in [0.1, 0.15) is 52.4 Å². The van der Waals surface area contributed by atoms with Gasteiger partial charge in [0.25, 0.3) is 0 Å². The molecule has 0 bridgehead atoms. The van der Waals surface area contributed by atoms with Gasteiger partial charge in [-0.15, -0.1) is 0 Å². The normalized spacial score (nSPS) is 22.4. The fourth-order valence-electron chi connectivity index (χ4n) is 2.50. The van der Waals surface area contributed by atoms with Gasteiger partial charge in [-0.3, -0.25) is 4.79 Å². The lowest BCUT2D eigenvalue weighted by atomic mass is 9.97. The highest BCUT2D eigenvalue weighted by atomic mass is 16.3. The molecule has 94 valence electrons. The molecule has 0 aromatic heterocycles. The quantitative estimate of drug-likeness (QED) is 0.755. The molecule has 3 heteroatoms. The average Bonchev–Trinajstić information content (AvgIpc) is 2.77. The fourth-order valence-corrected chi connectivity index (χ4v) is 2.50. The van der Waals surface area contributed by atoms with Crippen molar-refractivity contribution in [2.24, 2.45) is 5.92 Å². The zero-order valence-corrected chi connectivity index (χ0v) is 10.6. The van der Waals surface area contributed by atoms with E-state index >= 15 is 0 Å². The summed E-state index contributed by atoms with van der Waals surface area (Å²) in [6.07, 6.45) is 6.21. The maximum Gasteiger partial charge on any atom is 0.225 e. The first-order valence-corrected chi connectivity index (χ1v) is 6.65. The molecule has 2 atom stereocenters. The minimum atomic E-state index is 0.0863. The van der Waals surface area contributed by atoms with Crippen molar-refractivity contribution in [2.45, 2.75) is 58.4 Å². The van der Waals surface area contributed by atoms with Gasteiger partial charge in [0.05, 0.1) is 12.6 Å². The Morgan fingerprint density at radius 2 is 2.25 bits per heavy atom. The molecule has 1 saturated heterocycles. The van der Waals surface area contributed by atoms with Crippen molar-refractivity contribution >= 4 is 5.91 Å². The smallest absolute Gasteiger partial charge is 0.225 e. The molecule has 0 aromatic carbocycles. The van der Waals surface area contributed by atoms with Crippen molar-refractivity contribution < 1.29 is 9.90 Å². The van der Waals surface area contributed by atoms with Crippen molar-refractivity contribution in [3.05, 3.63) is 0 Å². The van der Waals surface area contributed by atoms with E-state index in [1.165, 1.54) is 0 Å². The number of carbonyl (C=O) groups is 1. The third kappa shape index (κ3) is 3.21. The van der Waals surface area contributed by atoms with Crippen LogP contribution in [-0.4, -0.2) is 35.1 Å². The number of likely N-dealkylation sites (tertiary alicyclic amines) is 1. The van der Waals surface area contributed by atoms with E-state index in [0.29, 0.717) is 0 Å². The predicted molar refractivity (Wildman–Crippen MR) is 65.1 cm³/mol. The SMILES string of the molecule is CCCCC(CC)C(=O)N1CCCC1CO. The first kappa shape index (κ1) is 13.5. The van der Waals surface area contributed by atoms with Crippen molar-refractivity contribution in [1.82, 2.24) is 4.90 Å². The number of amides is 1. The van der Waals surface area contributed by atoms with Gasteiger partial charge in [0.15, 0.2) is 0 Å². The van der Waals surface area contributed by atoms with Crippen molar-refractivity contribution in [1.29, 1.82) is 0 Å². The van der Waals surface area contributed by atoms with Gasteiger partial charge in [-0.2, -0.15) is 0 Å². The van der Waals surface area contributed by atoms with E-state index in [-0.39, 0.29) is 24.5 Å². The maximum atomic E-state index is 12.3. The number of hydrogen-bond donors (Lipinski definition) is 1. The number of rotatable bonds is 6. The fraction of sp³-hybridized carbons (Fsp3) is 0.923. The van der Waals surface area contributed by atoms with E-state index in [1.807, 2.05) is 4.90 Å². The summed E-state index contributed by atoms with van der Waals surface area (Å²) >= 11 is 0. The second-order valence-electron chi connectivity index (χ2n) is 4.76. The largest absolute Gasteiger partial charge is 0.394 e. The molecule has 1 heterocycles. The maximum absolute atomic E-state index is 12.3. The summed E-state index contributed by atoms with van der Waals surface area (Å²) in [7, 11) is 0. The highest BCUT2D eigenvalue weighted by molar-refractivity contribution is 5.79. The van der Waals surface area contributed by atoms with Gasteiger partial charge in [0, 0.05) is 12.5 Å². The number of hydrogen-bond acceptors (Lipinski definition) is 2. The van der Waals surface area contributed by atoms with Gasteiger partial charge < -0.3 is 10.0 Å². The van der Waals surface area contributed by atoms with Crippen LogP contribution < -0.4 is 0 Å². The molecule has 1 aliphatic heterocycles. The van der Waals surface area contributed by atoms with E-state index in [4.69, 9.17) is 0 Å². The number of aliphatic hydroxyl groups excluding tert-OH is 1. The summed E-state index contributed by atoms with van der Waals surface area (Å²) in [5.74, 6) is 0.444. The highest BCUT2D eigenvalue weighted by Crippen LogP contribution is 2.23. The van der Waals surface area contributed by atoms with Crippen molar-refractivity contribution in [2.75, 3.05) is 13.2 Å². The van der Waals surface area contributed by atoms with Gasteiger partial charge in [0.2, 0.25) is 5.91 Å². The average molecular weight is 227 g/mol. The monoisotopic (exact) mass is 227 g/mol. The molecule has 16 heavy (non-hydrogen) atoms. The Kier molecular flexibility index (Phi) is 5.81. The van der Waals surface area contributed by atoms with E-state index in [9.17, 15) is 9.90 Å². The molecule has 0 radical (unpaired) electrons. The van der Waals surface area contributed by atoms with Gasteiger partial charge >= 0.3 is 0 Å². The third-order valence-corrected chi connectivity index (χ3v) is 3.62. The lowest BCUT2D eigenvalue weighted by Crippen LogP contribution is -2.41. The number of nitrogens with zero attached hydrogens (tertiary/aromatic N) is 1. The van der Waals surface area contributed by atoms with Gasteiger partial charge in [-0.05, 0) is 25.7 Å². The lowest BCUT2D eigenvalue weighted by Gasteiger charge is -2.27. The van der Waals surface area contributed by atoms with Gasteiger partial charge in [0.1, 0.15) is 0 Å². The molecule has 1 aliphatic rings. The van der Waals surface area contributed by atoms with Gasteiger partial charge in [-0.25, -0.2) is 0 Å². The molecule has 0 saturated carbocycles. The second kappa shape index (κ2) is 6.89. The summed E-state index contributed by atoms with van der Waals surface area (Å²) in [6, 6.07) is 0.0863. The van der Waals surface area contributed by atoms with Crippen LogP contribution in [-0.2, 0) is 4.79 Å². The van der Waals surface area contributed by atoms with E-state index in [2.05, 4.69) is 13.8 Å². The molecule has 1 N–H and O–H groups in total. The Labute approximate surface area is 98.8 Å². The van der Waals surface area contributed by atoms with Crippen LogP contribution in [0.25, 0.3) is 0 Å². The van der Waals surface area contributed by atoms with E-state index in [0.717, 1.165) is 45.1 Å². The molecule has 0 spiro atoms. The molecule has 0 aromatic rings. The Morgan fingerprint density at radius 3 is 2.81 bits per heavy atom. The summed E-state index contributed by atoms with van der Waals surface area (Å²) < 4.78 is 0. The van der Waals surface area contributed by atoms with Crippen molar-refractivity contribution in [3.8, 4) is 0 Å². The lowest BCUT2D eigenvalue weighted by molar-refractivity contribution is -0.137. The first-order chi connectivity index (χ1) is 7.74. The molecule has 0 aliphatic carbocycles. The summed E-state index contributed by atoms with van der Waals surface area (Å²) in [4.78, 5) is 14.2. The topological polar surface area (TPSA) is 40.5 Å². The number of unbranched alkanes of at least 4 members (excludes halogenated alkanes) is 1. The molecular weight excluding hydrogens is 202 g/mol. The minimum Gasteiger partial charge on any atom is -0.394 e.